The highest BCUT2D eigenvalue weighted by molar-refractivity contribution is 6.35. The van der Waals surface area contributed by atoms with Crippen molar-refractivity contribution < 1.29 is 0 Å². The summed E-state index contributed by atoms with van der Waals surface area (Å²) in [6.07, 6.45) is 1.94. The van der Waals surface area contributed by atoms with E-state index in [0.717, 1.165) is 10.2 Å². The van der Waals surface area contributed by atoms with Crippen molar-refractivity contribution in [1.82, 2.24) is 0 Å². The summed E-state index contributed by atoms with van der Waals surface area (Å²) < 4.78 is 0. The minimum absolute atomic E-state index is 1.11. The van der Waals surface area contributed by atoms with Crippen molar-refractivity contribution in [2.24, 2.45) is 0 Å². The lowest BCUT2D eigenvalue weighted by Crippen LogP contribution is -2.12. The van der Waals surface area contributed by atoms with Crippen LogP contribution in [0.25, 0.3) is 6.08 Å². The molecule has 0 atom stereocenters. The normalized spacial score (nSPS) is 10.0. The molecule has 1 aromatic carbocycles. The van der Waals surface area contributed by atoms with E-state index in [1.54, 1.807) is 0 Å². The maximum atomic E-state index is 3.78. The summed E-state index contributed by atoms with van der Waals surface area (Å²) in [4.78, 5) is 0. The van der Waals surface area contributed by atoms with Gasteiger partial charge in [0.25, 0.3) is 0 Å². The third-order valence-corrected chi connectivity index (χ3v) is 3.65. The molecule has 58 valence electrons. The van der Waals surface area contributed by atoms with E-state index >= 15 is 0 Å². The van der Waals surface area contributed by atoms with Crippen molar-refractivity contribution in [3.8, 4) is 0 Å². The van der Waals surface area contributed by atoms with E-state index in [-0.39, 0.29) is 0 Å². The van der Waals surface area contributed by atoms with E-state index in [9.17, 15) is 0 Å². The van der Waals surface area contributed by atoms with Crippen LogP contribution < -0.4 is 5.19 Å². The van der Waals surface area contributed by atoms with E-state index in [1.165, 1.54) is 21.9 Å². The largest absolute Gasteiger partial charge is 0.0985 e. The zero-order valence-corrected chi connectivity index (χ0v) is 9.44. The van der Waals surface area contributed by atoms with Crippen molar-refractivity contribution >= 4 is 21.5 Å². The molecule has 0 saturated carbocycles. The van der Waals surface area contributed by atoms with Crippen LogP contribution in [0.5, 0.6) is 0 Å². The summed E-state index contributed by atoms with van der Waals surface area (Å²) in [5.74, 6) is 0. The van der Waals surface area contributed by atoms with Gasteiger partial charge in [-0.05, 0) is 30.5 Å². The van der Waals surface area contributed by atoms with Crippen LogP contribution in [0.15, 0.2) is 18.7 Å². The van der Waals surface area contributed by atoms with Gasteiger partial charge in [-0.1, -0.05) is 30.0 Å². The van der Waals surface area contributed by atoms with Gasteiger partial charge in [0.05, 0.1) is 0 Å². The second kappa shape index (κ2) is 3.05. The fraction of sp³-hybridized carbons (Fsp3) is 0.200. The molecule has 0 aliphatic heterocycles. The van der Waals surface area contributed by atoms with Gasteiger partial charge in [0.2, 0.25) is 0 Å². The Morgan fingerprint density at radius 2 is 2.00 bits per heavy atom. The summed E-state index contributed by atoms with van der Waals surface area (Å²) in [6.45, 7) is 8.13. The minimum Gasteiger partial charge on any atom is -0.0985 e. The van der Waals surface area contributed by atoms with Crippen molar-refractivity contribution in [2.75, 3.05) is 0 Å². The van der Waals surface area contributed by atoms with Gasteiger partial charge >= 0.3 is 0 Å². The van der Waals surface area contributed by atoms with E-state index in [0.29, 0.717) is 0 Å². The molecule has 0 aliphatic carbocycles. The zero-order valence-electron chi connectivity index (χ0n) is 7.44. The molecule has 0 fully saturated rings. The highest BCUT2D eigenvalue weighted by Crippen LogP contribution is 2.06. The molecule has 0 spiro atoms. The van der Waals surface area contributed by atoms with Crippen molar-refractivity contribution in [3.63, 3.8) is 0 Å². The van der Waals surface area contributed by atoms with Gasteiger partial charge in [-0.15, -0.1) is 0 Å². The molecule has 0 nitrogen and oxygen atoms in total. The van der Waals surface area contributed by atoms with Gasteiger partial charge in [0.15, 0.2) is 0 Å². The smallest absolute Gasteiger partial charge is 0.0396 e. The summed E-state index contributed by atoms with van der Waals surface area (Å²) in [5.41, 5.74) is 4.13. The predicted molar refractivity (Wildman–Crippen MR) is 55.6 cm³/mol. The quantitative estimate of drug-likeness (QED) is 0.539. The highest BCUT2D eigenvalue weighted by Gasteiger charge is 1.98. The number of hydrogen-bond acceptors (Lipinski definition) is 0. The van der Waals surface area contributed by atoms with E-state index in [1.807, 2.05) is 6.08 Å². The molecule has 0 amide bonds. The summed E-state index contributed by atoms with van der Waals surface area (Å²) in [6, 6.07) is 4.31. The third kappa shape index (κ3) is 1.43. The van der Waals surface area contributed by atoms with Crippen molar-refractivity contribution in [2.45, 2.75) is 13.8 Å². The topological polar surface area (TPSA) is 0 Å². The van der Waals surface area contributed by atoms with Crippen LogP contribution in [-0.4, -0.2) is 10.2 Å². The van der Waals surface area contributed by atoms with Crippen LogP contribution in [0.1, 0.15) is 16.7 Å². The molecule has 1 heteroatoms. The highest BCUT2D eigenvalue weighted by atomic mass is 28.1. The molecular weight excluding hydrogens is 148 g/mol. The second-order valence-electron chi connectivity index (χ2n) is 2.93. The Morgan fingerprint density at radius 1 is 1.36 bits per heavy atom. The van der Waals surface area contributed by atoms with Crippen molar-refractivity contribution in [3.05, 3.63) is 35.4 Å². The monoisotopic (exact) mass is 162 g/mol. The van der Waals surface area contributed by atoms with Gasteiger partial charge in [0, 0.05) is 10.2 Å². The van der Waals surface area contributed by atoms with E-state index in [4.69, 9.17) is 0 Å². The average Bonchev–Trinajstić information content (AvgIpc) is 2.01. The molecule has 0 aromatic heterocycles. The van der Waals surface area contributed by atoms with Gasteiger partial charge < -0.3 is 0 Å². The van der Waals surface area contributed by atoms with Gasteiger partial charge in [0.1, 0.15) is 0 Å². The predicted octanol–water partition coefficient (Wildman–Crippen LogP) is 0.937. The molecule has 0 heterocycles. The van der Waals surface area contributed by atoms with Crippen molar-refractivity contribution in [1.29, 1.82) is 0 Å². The first-order valence-electron chi connectivity index (χ1n) is 3.86. The first-order chi connectivity index (χ1) is 5.16. The molecule has 0 aliphatic rings. The molecule has 1 rings (SSSR count). The van der Waals surface area contributed by atoms with Crippen LogP contribution in [0.4, 0.5) is 0 Å². The Labute approximate surface area is 71.4 Å². The van der Waals surface area contributed by atoms with Gasteiger partial charge in [-0.25, -0.2) is 0 Å². The van der Waals surface area contributed by atoms with Crippen LogP contribution in [0.3, 0.4) is 0 Å². The molecule has 0 radical (unpaired) electrons. The molecule has 0 N–H and O–H groups in total. The summed E-state index contributed by atoms with van der Waals surface area (Å²) in [7, 11) is 1.11. The lowest BCUT2D eigenvalue weighted by Gasteiger charge is -2.07. The Hall–Kier alpha value is -0.823. The SMILES string of the molecule is C=Cc1ccc(C)c(C)c1[SiH3]. The Balaban J connectivity index is 3.36. The standard InChI is InChI=1S/C10H14Si/c1-4-9-6-5-7(2)8(3)10(9)11/h4-6H,1H2,2-3,11H3. The third-order valence-electron chi connectivity index (χ3n) is 2.32. The summed E-state index contributed by atoms with van der Waals surface area (Å²) in [5, 5.41) is 1.49. The second-order valence-corrected chi connectivity index (χ2v) is 3.93. The molecule has 0 bridgehead atoms. The first kappa shape index (κ1) is 8.28. The van der Waals surface area contributed by atoms with Gasteiger partial charge in [-0.2, -0.15) is 0 Å². The Morgan fingerprint density at radius 3 is 2.55 bits per heavy atom. The van der Waals surface area contributed by atoms with E-state index in [2.05, 4.69) is 32.6 Å². The fourth-order valence-electron chi connectivity index (χ4n) is 1.20. The first-order valence-corrected chi connectivity index (χ1v) is 4.86. The molecule has 0 unspecified atom stereocenters. The number of hydrogen-bond donors (Lipinski definition) is 0. The van der Waals surface area contributed by atoms with Crippen LogP contribution in [-0.2, 0) is 0 Å². The maximum Gasteiger partial charge on any atom is 0.0396 e. The Kier molecular flexibility index (Phi) is 2.30. The number of benzene rings is 1. The van der Waals surface area contributed by atoms with Crippen LogP contribution in [0.2, 0.25) is 0 Å². The summed E-state index contributed by atoms with van der Waals surface area (Å²) >= 11 is 0. The molecular formula is C10H14Si. The zero-order chi connectivity index (χ0) is 8.43. The van der Waals surface area contributed by atoms with Gasteiger partial charge in [-0.3, -0.25) is 0 Å². The molecule has 1 aromatic rings. The molecule has 11 heavy (non-hydrogen) atoms. The number of aryl methyl sites for hydroxylation is 1. The number of rotatable bonds is 1. The average molecular weight is 162 g/mol. The van der Waals surface area contributed by atoms with Crippen LogP contribution in [0, 0.1) is 13.8 Å². The minimum atomic E-state index is 1.11. The fourth-order valence-corrected chi connectivity index (χ4v) is 1.96. The van der Waals surface area contributed by atoms with E-state index < -0.39 is 0 Å². The lowest BCUT2D eigenvalue weighted by atomic mass is 10.1. The van der Waals surface area contributed by atoms with Crippen LogP contribution >= 0.6 is 0 Å². The lowest BCUT2D eigenvalue weighted by molar-refractivity contribution is 1.36. The molecule has 0 saturated heterocycles. The maximum absolute atomic E-state index is 3.78. The Bertz CT molecular complexity index is 287.